The van der Waals surface area contributed by atoms with Crippen LogP contribution in [0.15, 0.2) is 29.1 Å². The maximum Gasteiger partial charge on any atom is 0.253 e. The van der Waals surface area contributed by atoms with Crippen molar-refractivity contribution in [3.8, 4) is 5.75 Å². The molecule has 10 heteroatoms. The minimum absolute atomic E-state index is 0.0935. The van der Waals surface area contributed by atoms with Gasteiger partial charge in [0.05, 0.1) is 45.6 Å². The van der Waals surface area contributed by atoms with Crippen molar-refractivity contribution < 1.29 is 14.2 Å². The van der Waals surface area contributed by atoms with E-state index in [1.807, 2.05) is 24.3 Å². The normalized spacial score (nSPS) is 17.2. The first-order chi connectivity index (χ1) is 17.6. The highest BCUT2D eigenvalue weighted by Gasteiger charge is 2.16. The number of morpholine rings is 2. The molecule has 0 atom stereocenters. The van der Waals surface area contributed by atoms with E-state index in [1.165, 1.54) is 0 Å². The van der Waals surface area contributed by atoms with Gasteiger partial charge in [0.25, 0.3) is 5.56 Å². The Bertz CT molecular complexity index is 1040. The highest BCUT2D eigenvalue weighted by molar-refractivity contribution is 7.80. The first kappa shape index (κ1) is 26.8. The van der Waals surface area contributed by atoms with Crippen LogP contribution < -0.4 is 15.6 Å². The molecule has 9 nitrogen and oxygen atoms in total. The summed E-state index contributed by atoms with van der Waals surface area (Å²) in [5.74, 6) is 0.720. The third-order valence-corrected chi connectivity index (χ3v) is 7.22. The SMILES string of the molecule is COc1ccc2cc(CN(CCCN3CCOCC3)C(=S)NCCCN3CCOCC3)c(=O)[nH]c2c1. The second kappa shape index (κ2) is 13.9. The van der Waals surface area contributed by atoms with Crippen LogP contribution in [0.5, 0.6) is 5.75 Å². The van der Waals surface area contributed by atoms with Crippen LogP contribution in [0, 0.1) is 0 Å². The fourth-order valence-corrected chi connectivity index (χ4v) is 4.93. The summed E-state index contributed by atoms with van der Waals surface area (Å²) in [5.41, 5.74) is 1.38. The number of fused-ring (bicyclic) bond motifs is 1. The first-order valence-electron chi connectivity index (χ1n) is 13.0. The lowest BCUT2D eigenvalue weighted by Gasteiger charge is -2.30. The number of nitrogens with zero attached hydrogens (tertiary/aromatic N) is 3. The number of pyridine rings is 1. The van der Waals surface area contributed by atoms with Crippen LogP contribution in [0.4, 0.5) is 0 Å². The molecule has 0 amide bonds. The molecule has 0 spiro atoms. The smallest absolute Gasteiger partial charge is 0.253 e. The van der Waals surface area contributed by atoms with E-state index in [9.17, 15) is 4.79 Å². The zero-order valence-electron chi connectivity index (χ0n) is 21.3. The van der Waals surface area contributed by atoms with Gasteiger partial charge in [0.15, 0.2) is 5.11 Å². The van der Waals surface area contributed by atoms with Crippen molar-refractivity contribution in [2.75, 3.05) is 85.9 Å². The Morgan fingerprint density at radius 2 is 1.72 bits per heavy atom. The molecule has 198 valence electrons. The van der Waals surface area contributed by atoms with E-state index in [0.29, 0.717) is 17.2 Å². The molecule has 4 rings (SSSR count). The van der Waals surface area contributed by atoms with Gasteiger partial charge in [-0.3, -0.25) is 14.6 Å². The Morgan fingerprint density at radius 3 is 2.39 bits per heavy atom. The van der Waals surface area contributed by atoms with Gasteiger partial charge in [-0.2, -0.15) is 0 Å². The summed E-state index contributed by atoms with van der Waals surface area (Å²) in [7, 11) is 1.62. The molecule has 3 heterocycles. The molecule has 0 saturated carbocycles. The maximum atomic E-state index is 12.9. The lowest BCUT2D eigenvalue weighted by atomic mass is 10.1. The average molecular weight is 518 g/mol. The van der Waals surface area contributed by atoms with Crippen molar-refractivity contribution >= 4 is 28.2 Å². The highest BCUT2D eigenvalue weighted by Crippen LogP contribution is 2.19. The topological polar surface area (TPSA) is 82.3 Å². The number of methoxy groups -OCH3 is 1. The molecule has 0 bridgehead atoms. The predicted molar refractivity (Wildman–Crippen MR) is 146 cm³/mol. The van der Waals surface area contributed by atoms with Gasteiger partial charge in [0.1, 0.15) is 5.75 Å². The maximum absolute atomic E-state index is 12.9. The fraction of sp³-hybridized carbons (Fsp3) is 0.615. The van der Waals surface area contributed by atoms with Gasteiger partial charge in [0.2, 0.25) is 0 Å². The van der Waals surface area contributed by atoms with Gasteiger partial charge in [-0.1, -0.05) is 0 Å². The molecule has 1 aromatic carbocycles. The minimum Gasteiger partial charge on any atom is -0.497 e. The molecule has 1 aromatic heterocycles. The van der Waals surface area contributed by atoms with Gasteiger partial charge in [0, 0.05) is 57.4 Å². The number of rotatable bonds is 11. The number of hydrogen-bond acceptors (Lipinski definition) is 7. The number of H-pyrrole nitrogens is 1. The van der Waals surface area contributed by atoms with Crippen LogP contribution >= 0.6 is 12.2 Å². The molecule has 2 aromatic rings. The molecule has 36 heavy (non-hydrogen) atoms. The lowest BCUT2D eigenvalue weighted by molar-refractivity contribution is 0.0367. The molecule has 0 radical (unpaired) electrons. The second-order valence-electron chi connectivity index (χ2n) is 9.35. The third kappa shape index (κ3) is 7.88. The Hall–Kier alpha value is -2.24. The molecule has 0 aliphatic carbocycles. The zero-order chi connectivity index (χ0) is 25.2. The number of benzene rings is 1. The molecule has 2 fully saturated rings. The quantitative estimate of drug-likeness (QED) is 0.342. The van der Waals surface area contributed by atoms with E-state index in [-0.39, 0.29) is 5.56 Å². The van der Waals surface area contributed by atoms with Gasteiger partial charge < -0.3 is 29.4 Å². The Morgan fingerprint density at radius 1 is 1.06 bits per heavy atom. The molecule has 2 N–H and O–H groups in total. The largest absolute Gasteiger partial charge is 0.497 e. The van der Waals surface area contributed by atoms with E-state index in [0.717, 1.165) is 108 Å². The monoisotopic (exact) mass is 517 g/mol. The summed E-state index contributed by atoms with van der Waals surface area (Å²) in [4.78, 5) is 22.9. The van der Waals surface area contributed by atoms with Crippen molar-refractivity contribution in [2.24, 2.45) is 0 Å². The van der Waals surface area contributed by atoms with Crippen molar-refractivity contribution in [1.82, 2.24) is 25.0 Å². The van der Waals surface area contributed by atoms with Crippen molar-refractivity contribution in [3.05, 3.63) is 40.2 Å². The van der Waals surface area contributed by atoms with Crippen LogP contribution in [0.2, 0.25) is 0 Å². The van der Waals surface area contributed by atoms with E-state index < -0.39 is 0 Å². The van der Waals surface area contributed by atoms with Gasteiger partial charge in [-0.05, 0) is 55.2 Å². The minimum atomic E-state index is -0.0935. The average Bonchev–Trinajstić information content (AvgIpc) is 2.91. The van der Waals surface area contributed by atoms with Crippen LogP contribution in [0.1, 0.15) is 18.4 Å². The molecule has 2 aliphatic heterocycles. The fourth-order valence-electron chi connectivity index (χ4n) is 4.67. The molecular weight excluding hydrogens is 478 g/mol. The summed E-state index contributed by atoms with van der Waals surface area (Å²) in [6, 6.07) is 7.69. The summed E-state index contributed by atoms with van der Waals surface area (Å²) in [6.07, 6.45) is 1.98. The number of nitrogens with one attached hydrogen (secondary N) is 2. The number of hydrogen-bond donors (Lipinski definition) is 2. The predicted octanol–water partition coefficient (Wildman–Crippen LogP) is 1.66. The summed E-state index contributed by atoms with van der Waals surface area (Å²) < 4.78 is 16.2. The van der Waals surface area contributed by atoms with E-state index in [2.05, 4.69) is 25.0 Å². The van der Waals surface area contributed by atoms with Gasteiger partial charge >= 0.3 is 0 Å². The van der Waals surface area contributed by atoms with E-state index in [4.69, 9.17) is 26.4 Å². The number of ether oxygens (including phenoxy) is 3. The summed E-state index contributed by atoms with van der Waals surface area (Å²) in [6.45, 7) is 11.2. The van der Waals surface area contributed by atoms with E-state index in [1.54, 1.807) is 7.11 Å². The Labute approximate surface area is 218 Å². The van der Waals surface area contributed by atoms with Crippen molar-refractivity contribution in [2.45, 2.75) is 19.4 Å². The van der Waals surface area contributed by atoms with Crippen LogP contribution in [0.25, 0.3) is 10.9 Å². The summed E-state index contributed by atoms with van der Waals surface area (Å²) >= 11 is 5.81. The van der Waals surface area contributed by atoms with Crippen LogP contribution in [0.3, 0.4) is 0 Å². The second-order valence-corrected chi connectivity index (χ2v) is 9.73. The van der Waals surface area contributed by atoms with Crippen molar-refractivity contribution in [3.63, 3.8) is 0 Å². The van der Waals surface area contributed by atoms with Crippen LogP contribution in [-0.4, -0.2) is 111 Å². The zero-order valence-corrected chi connectivity index (χ0v) is 22.1. The van der Waals surface area contributed by atoms with Crippen LogP contribution in [-0.2, 0) is 16.0 Å². The first-order valence-corrected chi connectivity index (χ1v) is 13.4. The number of aromatic nitrogens is 1. The highest BCUT2D eigenvalue weighted by atomic mass is 32.1. The molecule has 2 aliphatic rings. The van der Waals surface area contributed by atoms with Gasteiger partial charge in [-0.15, -0.1) is 0 Å². The number of thiocarbonyl (C=S) groups is 1. The van der Waals surface area contributed by atoms with E-state index >= 15 is 0 Å². The lowest BCUT2D eigenvalue weighted by Crippen LogP contribution is -2.43. The Balaban J connectivity index is 1.37. The molecular formula is C26H39N5O4S. The third-order valence-electron chi connectivity index (χ3n) is 6.82. The molecule has 0 unspecified atom stereocenters. The number of aromatic amines is 1. The Kier molecular flexibility index (Phi) is 10.4. The molecule has 2 saturated heterocycles. The van der Waals surface area contributed by atoms with Gasteiger partial charge in [-0.25, -0.2) is 0 Å². The standard InChI is InChI=1S/C26H39N5O4S/c1-33-23-5-4-21-18-22(25(32)28-24(21)19-23)20-31(9-3-8-30-12-16-35-17-13-30)26(36)27-6-2-7-29-10-14-34-15-11-29/h4-5,18-19H,2-3,6-17,20H2,1H3,(H,27,36)(H,28,32). The van der Waals surface area contributed by atoms with Crippen molar-refractivity contribution in [1.29, 1.82) is 0 Å². The summed E-state index contributed by atoms with van der Waals surface area (Å²) in [5, 5.41) is 5.12.